The van der Waals surface area contributed by atoms with Gasteiger partial charge in [0.25, 0.3) is 5.56 Å². The van der Waals surface area contributed by atoms with E-state index in [1.807, 2.05) is 48.5 Å². The molecule has 2 aliphatic rings. The molecule has 0 saturated heterocycles. The number of fused-ring (bicyclic) bond motifs is 1. The normalized spacial score (nSPS) is 17.8. The molecule has 0 radical (unpaired) electrons. The SMILES string of the molecule is CCN(CC)c1ccc(C2C3=C(CC(c4ccc(OC)c(OC)c4)CC3=O)Nc3[nH]n(-c4ccccc4)c(=O)c32)cc1. The quantitative estimate of drug-likeness (QED) is 0.274. The number of aromatic amines is 1. The highest BCUT2D eigenvalue weighted by Gasteiger charge is 2.41. The van der Waals surface area contributed by atoms with Crippen LogP contribution in [0.1, 0.15) is 55.2 Å². The van der Waals surface area contributed by atoms with E-state index in [-0.39, 0.29) is 17.3 Å². The van der Waals surface area contributed by atoms with E-state index < -0.39 is 5.92 Å². The number of hydrogen-bond donors (Lipinski definition) is 2. The van der Waals surface area contributed by atoms with Crippen molar-refractivity contribution >= 4 is 17.3 Å². The van der Waals surface area contributed by atoms with Crippen LogP contribution in [0.15, 0.2) is 88.9 Å². The number of allylic oxidation sites excluding steroid dienone is 2. The number of rotatable bonds is 8. The van der Waals surface area contributed by atoms with E-state index in [2.05, 4.69) is 53.4 Å². The number of hydrogen-bond acceptors (Lipinski definition) is 6. The summed E-state index contributed by atoms with van der Waals surface area (Å²) in [4.78, 5) is 30.3. The van der Waals surface area contributed by atoms with Gasteiger partial charge in [-0.3, -0.25) is 14.7 Å². The smallest absolute Gasteiger partial charge is 0.277 e. The lowest BCUT2D eigenvalue weighted by molar-refractivity contribution is -0.116. The average Bonchev–Trinajstić information content (AvgIpc) is 3.36. The molecule has 8 nitrogen and oxygen atoms in total. The van der Waals surface area contributed by atoms with Gasteiger partial charge in [0.2, 0.25) is 0 Å². The minimum Gasteiger partial charge on any atom is -0.493 e. The lowest BCUT2D eigenvalue weighted by Crippen LogP contribution is -2.32. The van der Waals surface area contributed by atoms with Crippen molar-refractivity contribution in [2.24, 2.45) is 0 Å². The van der Waals surface area contributed by atoms with Crippen LogP contribution in [0.4, 0.5) is 11.5 Å². The monoisotopic (exact) mass is 564 g/mol. The zero-order valence-corrected chi connectivity index (χ0v) is 24.4. The van der Waals surface area contributed by atoms with Crippen LogP contribution in [0.3, 0.4) is 0 Å². The van der Waals surface area contributed by atoms with Crippen molar-refractivity contribution in [1.29, 1.82) is 0 Å². The summed E-state index contributed by atoms with van der Waals surface area (Å²) >= 11 is 0. The molecule has 0 saturated carbocycles. The molecule has 0 amide bonds. The van der Waals surface area contributed by atoms with Crippen LogP contribution in [0, 0.1) is 0 Å². The van der Waals surface area contributed by atoms with Crippen LogP contribution >= 0.6 is 0 Å². The van der Waals surface area contributed by atoms with Gasteiger partial charge in [0.1, 0.15) is 5.82 Å². The van der Waals surface area contributed by atoms with Crippen molar-refractivity contribution in [2.75, 3.05) is 37.5 Å². The first-order chi connectivity index (χ1) is 20.5. The second kappa shape index (κ2) is 11.3. The molecule has 1 aliphatic heterocycles. The van der Waals surface area contributed by atoms with Gasteiger partial charge in [0, 0.05) is 42.4 Å². The number of benzene rings is 3. The highest BCUT2D eigenvalue weighted by molar-refractivity contribution is 6.01. The molecular weight excluding hydrogens is 528 g/mol. The molecule has 0 bridgehead atoms. The van der Waals surface area contributed by atoms with Gasteiger partial charge in [-0.2, -0.15) is 0 Å². The number of ether oxygens (including phenoxy) is 2. The van der Waals surface area contributed by atoms with Gasteiger partial charge in [-0.25, -0.2) is 4.68 Å². The van der Waals surface area contributed by atoms with Crippen molar-refractivity contribution in [3.63, 3.8) is 0 Å². The number of para-hydroxylation sites is 1. The Morgan fingerprint density at radius 2 is 1.55 bits per heavy atom. The number of anilines is 2. The zero-order chi connectivity index (χ0) is 29.4. The minimum absolute atomic E-state index is 0.0406. The first-order valence-corrected chi connectivity index (χ1v) is 14.5. The molecule has 6 rings (SSSR count). The fourth-order valence-electron chi connectivity index (χ4n) is 6.39. The number of nitrogens with zero attached hydrogens (tertiary/aromatic N) is 2. The standard InChI is InChI=1S/C34H36N4O4/c1-5-37(6-2)24-15-12-21(13-16-24)30-31-26(35-33-32(30)34(40)38(36-33)25-10-8-7-9-11-25)18-23(19-27(31)39)22-14-17-28(41-3)29(20-22)42-4/h7-17,20,23,30,35-36H,5-6,18-19H2,1-4H3. The summed E-state index contributed by atoms with van der Waals surface area (Å²) in [7, 11) is 3.22. The topological polar surface area (TPSA) is 88.6 Å². The number of ketones is 1. The van der Waals surface area contributed by atoms with Crippen LogP contribution < -0.4 is 25.2 Å². The van der Waals surface area contributed by atoms with E-state index in [4.69, 9.17) is 9.47 Å². The second-order valence-corrected chi connectivity index (χ2v) is 10.7. The Kier molecular flexibility index (Phi) is 7.37. The van der Waals surface area contributed by atoms with Gasteiger partial charge in [0.05, 0.1) is 25.5 Å². The van der Waals surface area contributed by atoms with E-state index >= 15 is 0 Å². The first kappa shape index (κ1) is 27.4. The molecule has 3 aromatic carbocycles. The average molecular weight is 565 g/mol. The number of carbonyl (C=O) groups is 1. The summed E-state index contributed by atoms with van der Waals surface area (Å²) in [5, 5.41) is 6.78. The van der Waals surface area contributed by atoms with E-state index in [1.54, 1.807) is 18.9 Å². The largest absolute Gasteiger partial charge is 0.493 e. The number of Topliss-reactive ketones (excluding diaryl/α,β-unsaturated/α-hetero) is 1. The Labute approximate surface area is 245 Å². The highest BCUT2D eigenvalue weighted by atomic mass is 16.5. The predicted octanol–water partition coefficient (Wildman–Crippen LogP) is 5.99. The Morgan fingerprint density at radius 1 is 0.857 bits per heavy atom. The molecule has 0 spiro atoms. The Bertz CT molecular complexity index is 1700. The Balaban J connectivity index is 1.46. The molecule has 2 atom stereocenters. The number of aromatic nitrogens is 2. The van der Waals surface area contributed by atoms with Crippen molar-refractivity contribution in [1.82, 2.24) is 9.78 Å². The first-order valence-electron chi connectivity index (χ1n) is 14.5. The molecule has 42 heavy (non-hydrogen) atoms. The highest BCUT2D eigenvalue weighted by Crippen LogP contribution is 2.47. The summed E-state index contributed by atoms with van der Waals surface area (Å²) in [6, 6.07) is 23.6. The second-order valence-electron chi connectivity index (χ2n) is 10.7. The molecule has 8 heteroatoms. The van der Waals surface area contributed by atoms with E-state index in [9.17, 15) is 9.59 Å². The van der Waals surface area contributed by atoms with Crippen LogP contribution in [0.2, 0.25) is 0 Å². The van der Waals surface area contributed by atoms with Gasteiger partial charge in [-0.05, 0) is 73.7 Å². The van der Waals surface area contributed by atoms with Crippen LogP contribution in [-0.2, 0) is 4.79 Å². The Morgan fingerprint density at radius 3 is 2.21 bits per heavy atom. The maximum atomic E-state index is 14.1. The fraction of sp³-hybridized carbons (Fsp3) is 0.294. The molecule has 2 unspecified atom stereocenters. The third-order valence-electron chi connectivity index (χ3n) is 8.54. The minimum atomic E-state index is -0.477. The molecule has 216 valence electrons. The lowest BCUT2D eigenvalue weighted by atomic mass is 9.72. The van der Waals surface area contributed by atoms with Crippen LogP contribution in [0.5, 0.6) is 11.5 Å². The van der Waals surface area contributed by atoms with Gasteiger partial charge in [-0.15, -0.1) is 0 Å². The van der Waals surface area contributed by atoms with Crippen LogP contribution in [0.25, 0.3) is 5.69 Å². The molecule has 1 aliphatic carbocycles. The van der Waals surface area contributed by atoms with Crippen LogP contribution in [-0.4, -0.2) is 42.9 Å². The van der Waals surface area contributed by atoms with E-state index in [0.29, 0.717) is 41.3 Å². The lowest BCUT2D eigenvalue weighted by Gasteiger charge is -2.35. The van der Waals surface area contributed by atoms with Crippen molar-refractivity contribution in [3.05, 3.63) is 111 Å². The molecule has 0 fully saturated rings. The summed E-state index contributed by atoms with van der Waals surface area (Å²) < 4.78 is 12.5. The Hall–Kier alpha value is -4.72. The van der Waals surface area contributed by atoms with Crippen molar-refractivity contribution in [3.8, 4) is 17.2 Å². The summed E-state index contributed by atoms with van der Waals surface area (Å²) in [6.45, 7) is 6.07. The number of carbonyl (C=O) groups excluding carboxylic acids is 1. The predicted molar refractivity (Wildman–Crippen MR) is 165 cm³/mol. The molecule has 1 aromatic heterocycles. The molecular formula is C34H36N4O4. The van der Waals surface area contributed by atoms with Gasteiger partial charge in [0.15, 0.2) is 17.3 Å². The van der Waals surface area contributed by atoms with Gasteiger partial charge in [-0.1, -0.05) is 36.4 Å². The van der Waals surface area contributed by atoms with Crippen molar-refractivity contribution in [2.45, 2.75) is 38.5 Å². The number of H-pyrrole nitrogens is 1. The summed E-state index contributed by atoms with van der Waals surface area (Å²) in [6.07, 6.45) is 0.971. The summed E-state index contributed by atoms with van der Waals surface area (Å²) in [5.41, 5.74) is 5.71. The maximum Gasteiger partial charge on any atom is 0.277 e. The third-order valence-corrected chi connectivity index (χ3v) is 8.54. The van der Waals surface area contributed by atoms with E-state index in [1.165, 1.54) is 0 Å². The summed E-state index contributed by atoms with van der Waals surface area (Å²) in [5.74, 6) is 1.43. The van der Waals surface area contributed by atoms with Gasteiger partial charge >= 0.3 is 0 Å². The maximum absolute atomic E-state index is 14.1. The number of nitrogens with one attached hydrogen (secondary N) is 2. The van der Waals surface area contributed by atoms with E-state index in [0.717, 1.165) is 41.3 Å². The molecule has 2 N–H and O–H groups in total. The number of methoxy groups -OCH3 is 2. The van der Waals surface area contributed by atoms with Gasteiger partial charge < -0.3 is 19.7 Å². The fourth-order valence-corrected chi connectivity index (χ4v) is 6.39. The zero-order valence-electron chi connectivity index (χ0n) is 24.4. The van der Waals surface area contributed by atoms with Crippen molar-refractivity contribution < 1.29 is 14.3 Å². The molecule has 4 aromatic rings. The molecule has 2 heterocycles. The third kappa shape index (κ3) is 4.66.